The lowest BCUT2D eigenvalue weighted by atomic mass is 9.89. The topological polar surface area (TPSA) is 78.1 Å². The smallest absolute Gasteiger partial charge is 0.270 e. The van der Waals surface area contributed by atoms with Crippen LogP contribution in [0.25, 0.3) is 0 Å². The van der Waals surface area contributed by atoms with Crippen LogP contribution in [-0.2, 0) is 6.54 Å². The molecule has 34 heavy (non-hydrogen) atoms. The lowest BCUT2D eigenvalue weighted by Gasteiger charge is -2.31. The average molecular weight is 469 g/mol. The first-order valence-electron chi connectivity index (χ1n) is 12.2. The van der Waals surface area contributed by atoms with E-state index in [0.717, 1.165) is 63.8 Å². The largest absolute Gasteiger partial charge is 0.411 e. The normalized spacial score (nSPS) is 18.8. The maximum Gasteiger partial charge on any atom is 0.270 e. The van der Waals surface area contributed by atoms with Crippen LogP contribution in [0.2, 0.25) is 0 Å². The maximum atomic E-state index is 13.1. The Kier molecular flexibility index (Phi) is 7.77. The van der Waals surface area contributed by atoms with Crippen LogP contribution in [-0.4, -0.2) is 70.2 Å². The molecule has 1 aromatic carbocycles. The summed E-state index contributed by atoms with van der Waals surface area (Å²) in [6.45, 7) is 4.12. The number of likely N-dealkylation sites (tertiary alicyclic amines) is 1. The lowest BCUT2D eigenvalue weighted by molar-refractivity contribution is 0.0790. The van der Waals surface area contributed by atoms with E-state index in [0.29, 0.717) is 29.9 Å². The molecule has 2 aliphatic heterocycles. The lowest BCUT2D eigenvalue weighted by Crippen LogP contribution is -2.36. The molecule has 3 heterocycles. The number of hydrogen-bond donors (Lipinski definition) is 1. The summed E-state index contributed by atoms with van der Waals surface area (Å²) < 4.78 is 15.1. The maximum absolute atomic E-state index is 13.1. The number of amides is 1. The standard InChI is InChI=1S/C26H33FN4O3/c1-29-15-12-23(28-34)22-11-18-31(24(22)26(29)33)14-4-2-3-13-30-16-9-20(10-17-30)25(32)19-5-7-21(27)8-6-19/h5-8,11,18,20,34H,2-4,9-10,12-17H2,1H3. The fourth-order valence-electron chi connectivity index (χ4n) is 4.99. The van der Waals surface area contributed by atoms with E-state index in [1.807, 2.05) is 16.8 Å². The van der Waals surface area contributed by atoms with Gasteiger partial charge in [-0.1, -0.05) is 11.6 Å². The number of Topliss-reactive ketones (excluding diaryl/α,β-unsaturated/α-hetero) is 1. The Balaban J connectivity index is 1.20. The number of rotatable bonds is 8. The second-order valence-electron chi connectivity index (χ2n) is 9.34. The zero-order chi connectivity index (χ0) is 24.1. The van der Waals surface area contributed by atoms with Crippen molar-refractivity contribution in [2.24, 2.45) is 11.1 Å². The molecule has 8 heteroatoms. The van der Waals surface area contributed by atoms with Crippen LogP contribution in [0.5, 0.6) is 0 Å². The van der Waals surface area contributed by atoms with Crippen LogP contribution in [0, 0.1) is 11.7 Å². The highest BCUT2D eigenvalue weighted by Crippen LogP contribution is 2.23. The molecule has 0 aliphatic carbocycles. The van der Waals surface area contributed by atoms with Gasteiger partial charge < -0.3 is 19.6 Å². The quantitative estimate of drug-likeness (QED) is 0.274. The molecule has 0 saturated carbocycles. The number of aromatic nitrogens is 1. The molecular formula is C26H33FN4O3. The van der Waals surface area contributed by atoms with Crippen molar-refractivity contribution in [1.82, 2.24) is 14.4 Å². The molecule has 1 fully saturated rings. The van der Waals surface area contributed by atoms with Gasteiger partial charge in [-0.3, -0.25) is 9.59 Å². The van der Waals surface area contributed by atoms with Gasteiger partial charge in [-0.15, -0.1) is 0 Å². The second-order valence-corrected chi connectivity index (χ2v) is 9.34. The highest BCUT2D eigenvalue weighted by Gasteiger charge is 2.28. The van der Waals surface area contributed by atoms with Gasteiger partial charge in [0.15, 0.2) is 5.78 Å². The van der Waals surface area contributed by atoms with Gasteiger partial charge in [0, 0.05) is 49.8 Å². The number of benzene rings is 1. The van der Waals surface area contributed by atoms with Gasteiger partial charge in [-0.05, 0) is 75.6 Å². The Morgan fingerprint density at radius 2 is 1.76 bits per heavy atom. The number of hydrogen-bond acceptors (Lipinski definition) is 5. The third-order valence-corrected chi connectivity index (χ3v) is 7.09. The van der Waals surface area contributed by atoms with Crippen molar-refractivity contribution in [2.75, 3.05) is 33.2 Å². The molecule has 1 amide bonds. The monoisotopic (exact) mass is 468 g/mol. The van der Waals surface area contributed by atoms with E-state index in [9.17, 15) is 19.2 Å². The number of oxime groups is 1. The molecule has 2 aliphatic rings. The molecule has 0 unspecified atom stereocenters. The van der Waals surface area contributed by atoms with Crippen molar-refractivity contribution >= 4 is 17.4 Å². The molecule has 0 radical (unpaired) electrons. The van der Waals surface area contributed by atoms with Crippen molar-refractivity contribution < 1.29 is 19.2 Å². The minimum absolute atomic E-state index is 0.0220. The summed E-state index contributed by atoms with van der Waals surface area (Å²) >= 11 is 0. The zero-order valence-corrected chi connectivity index (χ0v) is 19.8. The fourth-order valence-corrected chi connectivity index (χ4v) is 4.99. The zero-order valence-electron chi connectivity index (χ0n) is 19.8. The minimum atomic E-state index is -0.318. The summed E-state index contributed by atoms with van der Waals surface area (Å²) in [5, 5.41) is 12.8. The van der Waals surface area contributed by atoms with Gasteiger partial charge in [0.25, 0.3) is 5.91 Å². The van der Waals surface area contributed by atoms with Crippen molar-refractivity contribution in [3.63, 3.8) is 0 Å². The summed E-state index contributed by atoms with van der Waals surface area (Å²) in [5.74, 6) is -0.202. The molecule has 0 bridgehead atoms. The van der Waals surface area contributed by atoms with Crippen LogP contribution in [0.4, 0.5) is 4.39 Å². The predicted octanol–water partition coefficient (Wildman–Crippen LogP) is 4.05. The van der Waals surface area contributed by atoms with Gasteiger partial charge in [-0.25, -0.2) is 4.39 Å². The number of aryl methyl sites for hydroxylation is 1. The van der Waals surface area contributed by atoms with E-state index in [2.05, 4.69) is 10.1 Å². The number of ketones is 1. The average Bonchev–Trinajstić information content (AvgIpc) is 3.22. The Morgan fingerprint density at radius 3 is 2.47 bits per heavy atom. The number of carbonyl (C=O) groups excluding carboxylic acids is 2. The van der Waals surface area contributed by atoms with Crippen LogP contribution >= 0.6 is 0 Å². The first-order valence-corrected chi connectivity index (χ1v) is 12.2. The Bertz CT molecular complexity index is 1040. The molecule has 182 valence electrons. The molecule has 4 rings (SSSR count). The van der Waals surface area contributed by atoms with Crippen LogP contribution < -0.4 is 0 Å². The molecule has 0 atom stereocenters. The van der Waals surface area contributed by atoms with Crippen molar-refractivity contribution in [3.8, 4) is 0 Å². The van der Waals surface area contributed by atoms with Crippen molar-refractivity contribution in [2.45, 2.75) is 45.1 Å². The third kappa shape index (κ3) is 5.38. The van der Waals surface area contributed by atoms with E-state index in [4.69, 9.17) is 0 Å². The van der Waals surface area contributed by atoms with E-state index in [-0.39, 0.29) is 23.4 Å². The van der Waals surface area contributed by atoms with Gasteiger partial charge >= 0.3 is 0 Å². The Hall–Kier alpha value is -3.00. The molecule has 2 aromatic rings. The predicted molar refractivity (Wildman–Crippen MR) is 128 cm³/mol. The number of carbonyl (C=O) groups is 2. The van der Waals surface area contributed by atoms with Crippen LogP contribution in [0.15, 0.2) is 41.7 Å². The van der Waals surface area contributed by atoms with Crippen molar-refractivity contribution in [1.29, 1.82) is 0 Å². The van der Waals surface area contributed by atoms with E-state index in [1.54, 1.807) is 24.1 Å². The summed E-state index contributed by atoms with van der Waals surface area (Å²) in [6, 6.07) is 7.73. The summed E-state index contributed by atoms with van der Waals surface area (Å²) in [5.41, 5.74) is 2.51. The van der Waals surface area contributed by atoms with E-state index >= 15 is 0 Å². The Morgan fingerprint density at radius 1 is 1.06 bits per heavy atom. The van der Waals surface area contributed by atoms with Crippen LogP contribution in [0.3, 0.4) is 0 Å². The van der Waals surface area contributed by atoms with Crippen LogP contribution in [0.1, 0.15) is 64.9 Å². The number of unbranched alkanes of at least 4 members (excludes halogenated alkanes) is 2. The number of halogens is 1. The molecule has 1 aromatic heterocycles. The fraction of sp³-hybridized carbons (Fsp3) is 0.500. The molecular weight excluding hydrogens is 435 g/mol. The Labute approximate surface area is 199 Å². The number of nitrogens with zero attached hydrogens (tertiary/aromatic N) is 4. The van der Waals surface area contributed by atoms with Gasteiger partial charge in [0.2, 0.25) is 0 Å². The van der Waals surface area contributed by atoms with Crippen molar-refractivity contribution in [3.05, 3.63) is 59.2 Å². The highest BCUT2D eigenvalue weighted by atomic mass is 19.1. The highest BCUT2D eigenvalue weighted by molar-refractivity contribution is 6.11. The molecule has 7 nitrogen and oxygen atoms in total. The van der Waals surface area contributed by atoms with E-state index in [1.165, 1.54) is 12.1 Å². The van der Waals surface area contributed by atoms with Gasteiger partial charge in [-0.2, -0.15) is 0 Å². The number of fused-ring (bicyclic) bond motifs is 1. The molecule has 1 N–H and O–H groups in total. The molecule has 1 saturated heterocycles. The first kappa shape index (κ1) is 24.1. The van der Waals surface area contributed by atoms with Gasteiger partial charge in [0.05, 0.1) is 5.71 Å². The third-order valence-electron chi connectivity index (χ3n) is 7.09. The summed E-state index contributed by atoms with van der Waals surface area (Å²) in [7, 11) is 1.78. The summed E-state index contributed by atoms with van der Waals surface area (Å²) in [6.07, 6.45) is 7.22. The minimum Gasteiger partial charge on any atom is -0.411 e. The first-order chi connectivity index (χ1) is 16.5. The SMILES string of the molecule is CN1CCC(=NO)c2ccn(CCCCCN3CCC(C(=O)c4ccc(F)cc4)CC3)c2C1=O. The number of piperidine rings is 1. The second kappa shape index (κ2) is 11.0. The van der Waals surface area contributed by atoms with E-state index < -0.39 is 0 Å². The summed E-state index contributed by atoms with van der Waals surface area (Å²) in [4.78, 5) is 29.5. The van der Waals surface area contributed by atoms with Gasteiger partial charge in [0.1, 0.15) is 11.5 Å². The molecule has 0 spiro atoms.